The van der Waals surface area contributed by atoms with Gasteiger partial charge in [0, 0.05) is 12.1 Å². The van der Waals surface area contributed by atoms with E-state index in [1.54, 1.807) is 0 Å². The number of hydrogen-bond donors (Lipinski definition) is 0. The smallest absolute Gasteiger partial charge is 0.260 e. The van der Waals surface area contributed by atoms with E-state index < -0.39 is 11.7 Å². The summed E-state index contributed by atoms with van der Waals surface area (Å²) in [7, 11) is 0. The van der Waals surface area contributed by atoms with E-state index in [1.807, 2.05) is 0 Å². The van der Waals surface area contributed by atoms with Crippen LogP contribution in [-0.4, -0.2) is 4.98 Å². The molecule has 0 unspecified atom stereocenters. The monoisotopic (exact) mass is 257 g/mol. The van der Waals surface area contributed by atoms with Crippen molar-refractivity contribution in [2.24, 2.45) is 5.92 Å². The zero-order chi connectivity index (χ0) is 13.2. The highest BCUT2D eigenvalue weighted by Gasteiger charge is 2.36. The van der Waals surface area contributed by atoms with Crippen molar-refractivity contribution in [1.82, 2.24) is 4.98 Å². The molecule has 2 rings (SSSR count). The molecular weight excluding hydrogens is 239 g/mol. The average molecular weight is 257 g/mol. The Labute approximate surface area is 105 Å². The van der Waals surface area contributed by atoms with Crippen LogP contribution in [0.1, 0.15) is 56.2 Å². The third kappa shape index (κ3) is 2.85. The summed E-state index contributed by atoms with van der Waals surface area (Å²) in [4.78, 5) is 4.00. The first kappa shape index (κ1) is 13.4. The Hall–Kier alpha value is -1.06. The molecule has 1 aliphatic rings. The van der Waals surface area contributed by atoms with Gasteiger partial charge in [0.15, 0.2) is 0 Å². The van der Waals surface area contributed by atoms with Gasteiger partial charge in [-0.3, -0.25) is 4.98 Å². The minimum Gasteiger partial charge on any atom is -0.260 e. The van der Waals surface area contributed by atoms with Crippen molar-refractivity contribution >= 4 is 0 Å². The Kier molecular flexibility index (Phi) is 3.93. The van der Waals surface area contributed by atoms with Crippen LogP contribution in [-0.2, 0) is 6.18 Å². The maximum absolute atomic E-state index is 12.9. The zero-order valence-electron chi connectivity index (χ0n) is 10.5. The molecule has 1 aromatic heterocycles. The van der Waals surface area contributed by atoms with Gasteiger partial charge in [0.2, 0.25) is 0 Å². The van der Waals surface area contributed by atoms with Crippen LogP contribution in [0.3, 0.4) is 0 Å². The van der Waals surface area contributed by atoms with E-state index in [0.717, 1.165) is 38.2 Å². The number of alkyl halides is 3. The second-order valence-electron chi connectivity index (χ2n) is 5.06. The molecule has 0 saturated heterocycles. The molecule has 0 bridgehead atoms. The summed E-state index contributed by atoms with van der Waals surface area (Å²) < 4.78 is 38.7. The number of aromatic nitrogens is 1. The minimum absolute atomic E-state index is 0.0226. The highest BCUT2D eigenvalue weighted by Crippen LogP contribution is 2.41. The molecule has 100 valence electrons. The molecule has 1 saturated carbocycles. The SMILES string of the molecule is CCC1CCC(c2ncccc2C(F)(F)F)CC1. The molecule has 1 nitrogen and oxygen atoms in total. The fourth-order valence-corrected chi connectivity index (χ4v) is 2.83. The first-order valence-corrected chi connectivity index (χ1v) is 6.54. The van der Waals surface area contributed by atoms with Gasteiger partial charge < -0.3 is 0 Å². The molecule has 0 amide bonds. The molecule has 0 atom stereocenters. The fraction of sp³-hybridized carbons (Fsp3) is 0.643. The van der Waals surface area contributed by atoms with Crippen molar-refractivity contribution in [3.05, 3.63) is 29.6 Å². The topological polar surface area (TPSA) is 12.9 Å². The summed E-state index contributed by atoms with van der Waals surface area (Å²) in [6, 6.07) is 2.51. The Balaban J connectivity index is 2.19. The molecule has 0 aromatic carbocycles. The average Bonchev–Trinajstić information content (AvgIpc) is 2.38. The highest BCUT2D eigenvalue weighted by molar-refractivity contribution is 5.26. The van der Waals surface area contributed by atoms with Gasteiger partial charge in [-0.25, -0.2) is 0 Å². The van der Waals surface area contributed by atoms with Gasteiger partial charge in [0.05, 0.1) is 11.3 Å². The Morgan fingerprint density at radius 1 is 1.22 bits per heavy atom. The van der Waals surface area contributed by atoms with E-state index in [2.05, 4.69) is 11.9 Å². The molecule has 0 radical (unpaired) electrons. The zero-order valence-corrected chi connectivity index (χ0v) is 10.5. The van der Waals surface area contributed by atoms with Crippen molar-refractivity contribution in [3.63, 3.8) is 0 Å². The number of rotatable bonds is 2. The Morgan fingerprint density at radius 2 is 1.89 bits per heavy atom. The van der Waals surface area contributed by atoms with Crippen LogP contribution >= 0.6 is 0 Å². The Bertz CT molecular complexity index is 392. The van der Waals surface area contributed by atoms with Gasteiger partial charge >= 0.3 is 6.18 Å². The lowest BCUT2D eigenvalue weighted by Gasteiger charge is -2.28. The molecular formula is C14H18F3N. The number of nitrogens with zero attached hydrogens (tertiary/aromatic N) is 1. The lowest BCUT2D eigenvalue weighted by molar-refractivity contribution is -0.138. The largest absolute Gasteiger partial charge is 0.418 e. The molecule has 0 spiro atoms. The van der Waals surface area contributed by atoms with Gasteiger partial charge in [-0.1, -0.05) is 13.3 Å². The van der Waals surface area contributed by atoms with E-state index in [-0.39, 0.29) is 11.6 Å². The summed E-state index contributed by atoms with van der Waals surface area (Å²) in [5.41, 5.74) is -0.301. The van der Waals surface area contributed by atoms with Crippen LogP contribution < -0.4 is 0 Å². The Morgan fingerprint density at radius 3 is 2.44 bits per heavy atom. The maximum atomic E-state index is 12.9. The van der Waals surface area contributed by atoms with Crippen LogP contribution in [0, 0.1) is 5.92 Å². The lowest BCUT2D eigenvalue weighted by Crippen LogP contribution is -2.18. The summed E-state index contributed by atoms with van der Waals surface area (Å²) in [5, 5.41) is 0. The first-order valence-electron chi connectivity index (χ1n) is 6.54. The highest BCUT2D eigenvalue weighted by atomic mass is 19.4. The van der Waals surface area contributed by atoms with E-state index in [4.69, 9.17) is 0 Å². The fourth-order valence-electron chi connectivity index (χ4n) is 2.83. The number of halogens is 3. The molecule has 0 aliphatic heterocycles. The minimum atomic E-state index is -4.29. The molecule has 1 heterocycles. The van der Waals surface area contributed by atoms with E-state index in [9.17, 15) is 13.2 Å². The third-order valence-electron chi connectivity index (χ3n) is 3.95. The third-order valence-corrected chi connectivity index (χ3v) is 3.95. The second kappa shape index (κ2) is 5.29. The first-order chi connectivity index (χ1) is 8.52. The summed E-state index contributed by atoms with van der Waals surface area (Å²) in [6.45, 7) is 2.15. The molecule has 0 N–H and O–H groups in total. The predicted octanol–water partition coefficient (Wildman–Crippen LogP) is 4.78. The van der Waals surface area contributed by atoms with Gasteiger partial charge in [0.25, 0.3) is 0 Å². The van der Waals surface area contributed by atoms with Crippen molar-refractivity contribution in [2.45, 2.75) is 51.1 Å². The molecule has 1 fully saturated rings. The van der Waals surface area contributed by atoms with Gasteiger partial charge in [-0.2, -0.15) is 13.2 Å². The lowest BCUT2D eigenvalue weighted by atomic mass is 9.78. The quantitative estimate of drug-likeness (QED) is 0.742. The van der Waals surface area contributed by atoms with Crippen molar-refractivity contribution in [3.8, 4) is 0 Å². The molecule has 4 heteroatoms. The summed E-state index contributed by atoms with van der Waals surface area (Å²) >= 11 is 0. The summed E-state index contributed by atoms with van der Waals surface area (Å²) in [6.07, 6.45) is 2.02. The van der Waals surface area contributed by atoms with Crippen LogP contribution in [0.2, 0.25) is 0 Å². The van der Waals surface area contributed by atoms with Gasteiger partial charge in [-0.05, 0) is 43.7 Å². The number of pyridine rings is 1. The van der Waals surface area contributed by atoms with Gasteiger partial charge in [0.1, 0.15) is 0 Å². The standard InChI is InChI=1S/C14H18F3N/c1-2-10-5-7-11(8-6-10)13-12(14(15,16)17)4-3-9-18-13/h3-4,9-11H,2,5-8H2,1H3. The van der Waals surface area contributed by atoms with Crippen molar-refractivity contribution < 1.29 is 13.2 Å². The van der Waals surface area contributed by atoms with Crippen LogP contribution in [0.25, 0.3) is 0 Å². The second-order valence-corrected chi connectivity index (χ2v) is 5.06. The van der Waals surface area contributed by atoms with E-state index in [0.29, 0.717) is 5.92 Å². The predicted molar refractivity (Wildman–Crippen MR) is 64.2 cm³/mol. The number of hydrogen-bond acceptors (Lipinski definition) is 1. The summed E-state index contributed by atoms with van der Waals surface area (Å²) in [5.74, 6) is 0.657. The van der Waals surface area contributed by atoms with E-state index >= 15 is 0 Å². The maximum Gasteiger partial charge on any atom is 0.418 e. The molecule has 1 aromatic rings. The van der Waals surface area contributed by atoms with Crippen LogP contribution in [0.15, 0.2) is 18.3 Å². The normalized spacial score (nSPS) is 25.1. The molecule has 18 heavy (non-hydrogen) atoms. The van der Waals surface area contributed by atoms with Crippen molar-refractivity contribution in [2.75, 3.05) is 0 Å². The van der Waals surface area contributed by atoms with Crippen molar-refractivity contribution in [1.29, 1.82) is 0 Å². The van der Waals surface area contributed by atoms with Crippen LogP contribution in [0.5, 0.6) is 0 Å². The molecule has 1 aliphatic carbocycles. The van der Waals surface area contributed by atoms with E-state index in [1.165, 1.54) is 12.3 Å². The van der Waals surface area contributed by atoms with Crippen LogP contribution in [0.4, 0.5) is 13.2 Å². The van der Waals surface area contributed by atoms with Gasteiger partial charge in [-0.15, -0.1) is 0 Å².